The van der Waals surface area contributed by atoms with E-state index in [0.29, 0.717) is 28.5 Å². The molecule has 2 N–H and O–H groups in total. The third kappa shape index (κ3) is 6.59. The van der Waals surface area contributed by atoms with E-state index in [1.54, 1.807) is 24.3 Å². The predicted molar refractivity (Wildman–Crippen MR) is 117 cm³/mol. The van der Waals surface area contributed by atoms with Crippen LogP contribution in [0.1, 0.15) is 10.4 Å². The summed E-state index contributed by atoms with van der Waals surface area (Å²) in [6, 6.07) is 24.6. The predicted octanol–water partition coefficient (Wildman–Crippen LogP) is 6.31. The van der Waals surface area contributed by atoms with Gasteiger partial charge in [0.05, 0.1) is 11.3 Å². The second kappa shape index (κ2) is 11.0. The average molecular weight is 448 g/mol. The van der Waals surface area contributed by atoms with Gasteiger partial charge < -0.3 is 19.8 Å². The van der Waals surface area contributed by atoms with Crippen LogP contribution in [0.25, 0.3) is 11.3 Å². The zero-order valence-electron chi connectivity index (χ0n) is 17.0. The molecule has 33 heavy (non-hydrogen) atoms. The fourth-order valence-corrected chi connectivity index (χ4v) is 2.80. The number of aromatic carboxylic acids is 1. The summed E-state index contributed by atoms with van der Waals surface area (Å²) in [5, 5.41) is 17.3. The lowest BCUT2D eigenvalue weighted by Gasteiger charge is -2.10. The Morgan fingerprint density at radius 2 is 1.42 bits per heavy atom. The third-order valence-corrected chi connectivity index (χ3v) is 4.20. The van der Waals surface area contributed by atoms with E-state index in [2.05, 4.69) is 4.98 Å². The molecule has 0 radical (unpaired) electrons. The maximum Gasteiger partial charge on any atom is 0.335 e. The minimum Gasteiger partial charge on any atom is -0.478 e. The van der Waals surface area contributed by atoms with Gasteiger partial charge in [0.1, 0.15) is 23.1 Å². The topological polar surface area (TPSA) is 118 Å². The minimum absolute atomic E-state index is 0.0102. The van der Waals surface area contributed by atoms with Crippen LogP contribution < -0.4 is 9.47 Å². The van der Waals surface area contributed by atoms with Crippen molar-refractivity contribution in [2.24, 2.45) is 5.34 Å². The fraction of sp³-hybridized carbons (Fsp3) is 0. The first-order chi connectivity index (χ1) is 16.0. The Bertz CT molecular complexity index is 1230. The molecular weight excluding hydrogens is 431 g/mol. The van der Waals surface area contributed by atoms with Crippen LogP contribution in [0.2, 0.25) is 0 Å². The molecule has 0 aliphatic carbocycles. The zero-order chi connectivity index (χ0) is 23.6. The van der Waals surface area contributed by atoms with E-state index in [4.69, 9.17) is 19.6 Å². The standard InChI is InChI=1S/C24H16FNO4.HNO2/c25-18-11-9-16(10-12-18)22-13-17(24(27)28)14-23(26-22)30-21-8-4-7-20(15-21)29-19-5-2-1-3-6-19;2-1-3/h1-15H,(H,27,28);(H,2,3). The Hall–Kier alpha value is -4.79. The summed E-state index contributed by atoms with van der Waals surface area (Å²) >= 11 is 0. The highest BCUT2D eigenvalue weighted by molar-refractivity contribution is 5.89. The van der Waals surface area contributed by atoms with Crippen molar-refractivity contribution in [2.45, 2.75) is 0 Å². The number of pyridine rings is 1. The molecule has 4 rings (SSSR count). The van der Waals surface area contributed by atoms with E-state index in [1.807, 2.05) is 30.3 Å². The molecule has 0 bridgehead atoms. The minimum atomic E-state index is -1.12. The smallest absolute Gasteiger partial charge is 0.335 e. The molecule has 4 aromatic rings. The van der Waals surface area contributed by atoms with Crippen LogP contribution in [0.15, 0.2) is 96.3 Å². The summed E-state index contributed by atoms with van der Waals surface area (Å²) in [5.74, 6) is 0.271. The zero-order valence-corrected chi connectivity index (χ0v) is 17.0. The molecule has 0 amide bonds. The maximum atomic E-state index is 13.2. The fourth-order valence-electron chi connectivity index (χ4n) is 2.80. The molecule has 1 aromatic heterocycles. The molecule has 1 heterocycles. The molecule has 0 saturated carbocycles. The number of carbonyl (C=O) groups is 1. The molecule has 0 aliphatic rings. The highest BCUT2D eigenvalue weighted by Gasteiger charge is 2.12. The Kier molecular flexibility index (Phi) is 7.63. The SMILES string of the molecule is O=C(O)c1cc(Oc2cccc(Oc3ccccc3)c2)nc(-c2ccc(F)cc2)c1.O=NO. The van der Waals surface area contributed by atoms with Crippen LogP contribution in [0.4, 0.5) is 4.39 Å². The van der Waals surface area contributed by atoms with Crippen LogP contribution in [-0.4, -0.2) is 21.3 Å². The number of carboxylic acid groups (broad SMARTS) is 1. The molecule has 166 valence electrons. The summed E-state index contributed by atoms with van der Waals surface area (Å²) in [4.78, 5) is 24.0. The van der Waals surface area contributed by atoms with Gasteiger partial charge in [-0.3, -0.25) is 0 Å². The first-order valence-corrected chi connectivity index (χ1v) is 9.47. The molecule has 3 aromatic carbocycles. The van der Waals surface area contributed by atoms with Crippen molar-refractivity contribution in [1.82, 2.24) is 4.98 Å². The second-order valence-corrected chi connectivity index (χ2v) is 6.47. The van der Waals surface area contributed by atoms with Gasteiger partial charge in [0.25, 0.3) is 0 Å². The number of nitrogens with zero attached hydrogens (tertiary/aromatic N) is 2. The second-order valence-electron chi connectivity index (χ2n) is 6.47. The van der Waals surface area contributed by atoms with Crippen molar-refractivity contribution in [1.29, 1.82) is 0 Å². The largest absolute Gasteiger partial charge is 0.478 e. The van der Waals surface area contributed by atoms with Crippen molar-refractivity contribution in [2.75, 3.05) is 0 Å². The number of hydrogen-bond donors (Lipinski definition) is 2. The van der Waals surface area contributed by atoms with Crippen LogP contribution >= 0.6 is 0 Å². The van der Waals surface area contributed by atoms with Gasteiger partial charge in [0, 0.05) is 17.7 Å². The molecule has 0 saturated heterocycles. The van der Waals surface area contributed by atoms with E-state index >= 15 is 0 Å². The van der Waals surface area contributed by atoms with Crippen LogP contribution in [0.3, 0.4) is 0 Å². The van der Waals surface area contributed by atoms with E-state index < -0.39 is 5.97 Å². The number of benzene rings is 3. The third-order valence-electron chi connectivity index (χ3n) is 4.20. The highest BCUT2D eigenvalue weighted by Crippen LogP contribution is 2.29. The van der Waals surface area contributed by atoms with Gasteiger partial charge in [0.2, 0.25) is 5.88 Å². The van der Waals surface area contributed by atoms with Crippen LogP contribution in [0, 0.1) is 10.7 Å². The summed E-state index contributed by atoms with van der Waals surface area (Å²) in [6.07, 6.45) is 0. The Labute approximate surface area is 187 Å². The monoisotopic (exact) mass is 448 g/mol. The van der Waals surface area contributed by atoms with Gasteiger partial charge in [-0.15, -0.1) is 4.91 Å². The number of hydrogen-bond acceptors (Lipinski definition) is 6. The highest BCUT2D eigenvalue weighted by atomic mass is 19.1. The van der Waals surface area contributed by atoms with E-state index in [1.165, 1.54) is 41.7 Å². The number of aromatic nitrogens is 1. The van der Waals surface area contributed by atoms with E-state index in [9.17, 15) is 14.3 Å². The Balaban J connectivity index is 0.000000968. The number of halogens is 1. The first-order valence-electron chi connectivity index (χ1n) is 9.47. The molecule has 0 spiro atoms. The summed E-state index contributed by atoms with van der Waals surface area (Å²) in [5.41, 5.74) is 0.947. The maximum absolute atomic E-state index is 13.2. The normalized spacial score (nSPS) is 9.85. The Morgan fingerprint density at radius 3 is 2.06 bits per heavy atom. The lowest BCUT2D eigenvalue weighted by molar-refractivity contribution is 0.0696. The lowest BCUT2D eigenvalue weighted by atomic mass is 10.1. The van der Waals surface area contributed by atoms with Gasteiger partial charge in [-0.1, -0.05) is 24.3 Å². The summed E-state index contributed by atoms with van der Waals surface area (Å²) in [6.45, 7) is 0. The number of rotatable bonds is 6. The van der Waals surface area contributed by atoms with E-state index in [-0.39, 0.29) is 17.3 Å². The van der Waals surface area contributed by atoms with Crippen molar-refractivity contribution in [3.05, 3.63) is 107 Å². The molecule has 0 atom stereocenters. The molecular formula is C24H17FN2O6. The molecule has 0 aliphatic heterocycles. The average Bonchev–Trinajstić information content (AvgIpc) is 2.81. The van der Waals surface area contributed by atoms with Gasteiger partial charge in [-0.25, -0.2) is 14.2 Å². The number of para-hydroxylation sites is 1. The number of carboxylic acids is 1. The van der Waals surface area contributed by atoms with Crippen LogP contribution in [0.5, 0.6) is 23.1 Å². The van der Waals surface area contributed by atoms with E-state index in [0.717, 1.165) is 0 Å². The molecule has 0 fully saturated rings. The first kappa shape index (κ1) is 22.9. The lowest BCUT2D eigenvalue weighted by Crippen LogP contribution is -2.00. The molecule has 9 heteroatoms. The number of ether oxygens (including phenoxy) is 2. The van der Waals surface area contributed by atoms with Crippen molar-refractivity contribution in [3.63, 3.8) is 0 Å². The van der Waals surface area contributed by atoms with Crippen molar-refractivity contribution >= 4 is 5.97 Å². The molecule has 8 nitrogen and oxygen atoms in total. The van der Waals surface area contributed by atoms with Gasteiger partial charge in [-0.2, -0.15) is 0 Å². The van der Waals surface area contributed by atoms with Crippen LogP contribution in [-0.2, 0) is 0 Å². The van der Waals surface area contributed by atoms with Crippen molar-refractivity contribution < 1.29 is 29.0 Å². The van der Waals surface area contributed by atoms with Gasteiger partial charge in [0.15, 0.2) is 5.34 Å². The summed E-state index contributed by atoms with van der Waals surface area (Å²) < 4.78 is 24.8. The Morgan fingerprint density at radius 1 is 0.818 bits per heavy atom. The summed E-state index contributed by atoms with van der Waals surface area (Å²) in [7, 11) is 0. The molecule has 0 unspecified atom stereocenters. The van der Waals surface area contributed by atoms with Crippen molar-refractivity contribution in [3.8, 4) is 34.4 Å². The quantitative estimate of drug-likeness (QED) is 0.262. The van der Waals surface area contributed by atoms with Gasteiger partial charge >= 0.3 is 5.97 Å². The van der Waals surface area contributed by atoms with Gasteiger partial charge in [-0.05, 0) is 54.6 Å².